The van der Waals surface area contributed by atoms with Gasteiger partial charge in [0.25, 0.3) is 0 Å². The van der Waals surface area contributed by atoms with Gasteiger partial charge >= 0.3 is 0 Å². The van der Waals surface area contributed by atoms with Gasteiger partial charge in [0.2, 0.25) is 5.91 Å². The first-order valence-electron chi connectivity index (χ1n) is 7.52. The number of hydrogen-bond acceptors (Lipinski definition) is 3. The van der Waals surface area contributed by atoms with Crippen LogP contribution in [-0.2, 0) is 4.79 Å². The van der Waals surface area contributed by atoms with E-state index in [0.29, 0.717) is 13.0 Å². The zero-order valence-electron chi connectivity index (χ0n) is 13.1. The molecule has 2 aromatic carbocycles. The van der Waals surface area contributed by atoms with Gasteiger partial charge in [-0.05, 0) is 24.1 Å². The zero-order chi connectivity index (χ0) is 16.5. The van der Waals surface area contributed by atoms with E-state index in [1.165, 1.54) is 6.08 Å². The lowest BCUT2D eigenvalue weighted by atomic mass is 10.1. The summed E-state index contributed by atoms with van der Waals surface area (Å²) in [7, 11) is 1.59. The van der Waals surface area contributed by atoms with Crippen molar-refractivity contribution in [3.63, 3.8) is 0 Å². The number of nitrogens with one attached hydrogen (secondary N) is 1. The number of aliphatic hydroxyl groups is 1. The fraction of sp³-hybridized carbons (Fsp3) is 0.211. The molecule has 4 heteroatoms. The first kappa shape index (κ1) is 16.8. The number of methoxy groups -OCH3 is 1. The Morgan fingerprint density at radius 1 is 1.17 bits per heavy atom. The smallest absolute Gasteiger partial charge is 0.244 e. The minimum absolute atomic E-state index is 0.198. The molecule has 0 radical (unpaired) electrons. The first-order chi connectivity index (χ1) is 11.2. The molecular formula is C19H21NO3. The molecule has 1 unspecified atom stereocenters. The van der Waals surface area contributed by atoms with Crippen LogP contribution in [0.2, 0.25) is 0 Å². The Balaban J connectivity index is 1.80. The summed E-state index contributed by atoms with van der Waals surface area (Å²) in [6, 6.07) is 16.9. The van der Waals surface area contributed by atoms with Crippen molar-refractivity contribution in [1.82, 2.24) is 5.32 Å². The summed E-state index contributed by atoms with van der Waals surface area (Å²) in [6.07, 6.45) is 3.07. The molecule has 4 nitrogen and oxygen atoms in total. The summed E-state index contributed by atoms with van der Waals surface area (Å²) >= 11 is 0. The highest BCUT2D eigenvalue weighted by Crippen LogP contribution is 2.18. The van der Waals surface area contributed by atoms with Crippen LogP contribution in [0.3, 0.4) is 0 Å². The second-order valence-corrected chi connectivity index (χ2v) is 5.08. The number of carbonyl (C=O) groups excluding carboxylic acids is 1. The van der Waals surface area contributed by atoms with E-state index in [9.17, 15) is 9.90 Å². The fourth-order valence-corrected chi connectivity index (χ4v) is 2.20. The molecule has 120 valence electrons. The molecule has 0 aliphatic rings. The molecule has 0 bridgehead atoms. The van der Waals surface area contributed by atoms with Gasteiger partial charge in [-0.25, -0.2) is 0 Å². The van der Waals surface area contributed by atoms with E-state index in [4.69, 9.17) is 4.74 Å². The Morgan fingerprint density at radius 2 is 1.87 bits per heavy atom. The van der Waals surface area contributed by atoms with Crippen LogP contribution in [0, 0.1) is 0 Å². The van der Waals surface area contributed by atoms with Crippen LogP contribution in [-0.4, -0.2) is 24.7 Å². The van der Waals surface area contributed by atoms with Gasteiger partial charge in [0.05, 0.1) is 13.2 Å². The van der Waals surface area contributed by atoms with Gasteiger partial charge in [0.15, 0.2) is 0 Å². The maximum atomic E-state index is 11.8. The van der Waals surface area contributed by atoms with Crippen LogP contribution >= 0.6 is 0 Å². The molecule has 0 fully saturated rings. The van der Waals surface area contributed by atoms with E-state index in [-0.39, 0.29) is 5.91 Å². The lowest BCUT2D eigenvalue weighted by molar-refractivity contribution is -0.116. The molecule has 1 amide bonds. The molecular weight excluding hydrogens is 290 g/mol. The number of rotatable bonds is 7. The fourth-order valence-electron chi connectivity index (χ4n) is 2.20. The molecule has 0 aliphatic carbocycles. The van der Waals surface area contributed by atoms with Gasteiger partial charge in [-0.2, -0.15) is 0 Å². The third-order valence-electron chi connectivity index (χ3n) is 3.45. The van der Waals surface area contributed by atoms with Crippen molar-refractivity contribution in [2.45, 2.75) is 12.5 Å². The van der Waals surface area contributed by atoms with Crippen molar-refractivity contribution in [3.8, 4) is 5.75 Å². The lowest BCUT2D eigenvalue weighted by Gasteiger charge is -2.10. The van der Waals surface area contributed by atoms with Crippen LogP contribution in [0.25, 0.3) is 6.08 Å². The molecule has 2 N–H and O–H groups in total. The van der Waals surface area contributed by atoms with E-state index in [1.54, 1.807) is 13.2 Å². The second kappa shape index (κ2) is 8.76. The predicted octanol–water partition coefficient (Wildman–Crippen LogP) is 2.95. The summed E-state index contributed by atoms with van der Waals surface area (Å²) in [4.78, 5) is 11.8. The summed E-state index contributed by atoms with van der Waals surface area (Å²) in [6.45, 7) is 0.408. The first-order valence-corrected chi connectivity index (χ1v) is 7.52. The van der Waals surface area contributed by atoms with Crippen LogP contribution in [0.4, 0.5) is 0 Å². The number of para-hydroxylation sites is 1. The Morgan fingerprint density at radius 3 is 2.61 bits per heavy atom. The van der Waals surface area contributed by atoms with Crippen molar-refractivity contribution in [2.24, 2.45) is 0 Å². The minimum Gasteiger partial charge on any atom is -0.496 e. The molecule has 1 atom stereocenters. The third-order valence-corrected chi connectivity index (χ3v) is 3.45. The molecule has 0 aromatic heterocycles. The number of carbonyl (C=O) groups is 1. The number of aliphatic hydroxyl groups excluding tert-OH is 1. The Labute approximate surface area is 136 Å². The van der Waals surface area contributed by atoms with Crippen molar-refractivity contribution >= 4 is 12.0 Å². The SMILES string of the molecule is COc1ccccc1C=CC(=O)NCCC(O)c1ccccc1. The summed E-state index contributed by atoms with van der Waals surface area (Å²) in [5.74, 6) is 0.521. The lowest BCUT2D eigenvalue weighted by Crippen LogP contribution is -2.23. The number of amides is 1. The standard InChI is InChI=1S/C19H21NO3/c1-23-18-10-6-5-9-16(18)11-12-19(22)20-14-13-17(21)15-7-3-2-4-8-15/h2-12,17,21H,13-14H2,1H3,(H,20,22). The van der Waals surface area contributed by atoms with Gasteiger partial charge in [-0.15, -0.1) is 0 Å². The number of ether oxygens (including phenoxy) is 1. The monoisotopic (exact) mass is 311 g/mol. The van der Waals surface area contributed by atoms with Gasteiger partial charge in [0, 0.05) is 18.2 Å². The maximum absolute atomic E-state index is 11.8. The van der Waals surface area contributed by atoms with Crippen molar-refractivity contribution in [2.75, 3.05) is 13.7 Å². The van der Waals surface area contributed by atoms with Crippen LogP contribution < -0.4 is 10.1 Å². The highest BCUT2D eigenvalue weighted by atomic mass is 16.5. The summed E-state index contributed by atoms with van der Waals surface area (Å²) in [5, 5.41) is 12.8. The zero-order valence-corrected chi connectivity index (χ0v) is 13.1. The van der Waals surface area contributed by atoms with Gasteiger partial charge in [-0.3, -0.25) is 4.79 Å². The largest absolute Gasteiger partial charge is 0.496 e. The molecule has 2 rings (SSSR count). The molecule has 0 saturated carbocycles. The average Bonchev–Trinajstić information content (AvgIpc) is 2.60. The Hall–Kier alpha value is -2.59. The molecule has 2 aromatic rings. The second-order valence-electron chi connectivity index (χ2n) is 5.08. The van der Waals surface area contributed by atoms with E-state index in [0.717, 1.165) is 16.9 Å². The normalized spacial score (nSPS) is 12.1. The predicted molar refractivity (Wildman–Crippen MR) is 91.1 cm³/mol. The Kier molecular flexibility index (Phi) is 6.39. The highest BCUT2D eigenvalue weighted by molar-refractivity contribution is 5.92. The van der Waals surface area contributed by atoms with E-state index >= 15 is 0 Å². The van der Waals surface area contributed by atoms with Crippen molar-refractivity contribution in [3.05, 3.63) is 71.8 Å². The van der Waals surface area contributed by atoms with Crippen molar-refractivity contribution < 1.29 is 14.6 Å². The van der Waals surface area contributed by atoms with E-state index < -0.39 is 6.10 Å². The summed E-state index contributed by atoms with van der Waals surface area (Å²) in [5.41, 5.74) is 1.70. The highest BCUT2D eigenvalue weighted by Gasteiger charge is 2.06. The third kappa shape index (κ3) is 5.27. The van der Waals surface area contributed by atoms with Crippen LogP contribution in [0.5, 0.6) is 5.75 Å². The van der Waals surface area contributed by atoms with Gasteiger partial charge < -0.3 is 15.2 Å². The summed E-state index contributed by atoms with van der Waals surface area (Å²) < 4.78 is 5.22. The Bertz CT molecular complexity index is 653. The molecule has 0 heterocycles. The number of benzene rings is 2. The van der Waals surface area contributed by atoms with Gasteiger partial charge in [0.1, 0.15) is 5.75 Å². The van der Waals surface area contributed by atoms with Crippen LogP contribution in [0.15, 0.2) is 60.7 Å². The molecule has 0 spiro atoms. The average molecular weight is 311 g/mol. The molecule has 0 saturated heterocycles. The molecule has 23 heavy (non-hydrogen) atoms. The van der Waals surface area contributed by atoms with Crippen molar-refractivity contribution in [1.29, 1.82) is 0 Å². The van der Waals surface area contributed by atoms with E-state index in [1.807, 2.05) is 54.6 Å². The maximum Gasteiger partial charge on any atom is 0.244 e. The minimum atomic E-state index is -0.574. The quantitative estimate of drug-likeness (QED) is 0.773. The molecule has 0 aliphatic heterocycles. The topological polar surface area (TPSA) is 58.6 Å². The van der Waals surface area contributed by atoms with Gasteiger partial charge in [-0.1, -0.05) is 48.5 Å². The van der Waals surface area contributed by atoms with E-state index in [2.05, 4.69) is 5.32 Å². The number of hydrogen-bond donors (Lipinski definition) is 2. The van der Waals surface area contributed by atoms with Crippen LogP contribution in [0.1, 0.15) is 23.7 Å².